The molecule has 19 heavy (non-hydrogen) atoms. The number of hydrogen-bond acceptors (Lipinski definition) is 3. The first-order chi connectivity index (χ1) is 9.10. The molecule has 100 valence electrons. The number of rotatable bonds is 4. The number of halogens is 2. The molecule has 1 aromatic carbocycles. The first-order valence-corrected chi connectivity index (χ1v) is 6.85. The molecule has 0 aliphatic carbocycles. The Kier molecular flexibility index (Phi) is 4.74. The van der Waals surface area contributed by atoms with Crippen molar-refractivity contribution in [3.05, 3.63) is 46.5 Å². The Morgan fingerprint density at radius 2 is 2.16 bits per heavy atom. The number of carbonyl (C=O) groups excluding carboxylic acids is 1. The maximum atomic E-state index is 11.1. The highest BCUT2D eigenvalue weighted by atomic mass is 35.5. The van der Waals surface area contributed by atoms with E-state index < -0.39 is 0 Å². The summed E-state index contributed by atoms with van der Waals surface area (Å²) in [7, 11) is 0. The Morgan fingerprint density at radius 3 is 2.84 bits per heavy atom. The van der Waals surface area contributed by atoms with Gasteiger partial charge in [-0.15, -0.1) is 0 Å². The van der Waals surface area contributed by atoms with Gasteiger partial charge in [0, 0.05) is 11.9 Å². The Balaban J connectivity index is 2.12. The van der Waals surface area contributed by atoms with Crippen molar-refractivity contribution >= 4 is 41.7 Å². The lowest BCUT2D eigenvalue weighted by Gasteiger charge is -2.03. The summed E-state index contributed by atoms with van der Waals surface area (Å²) >= 11 is 15.7. The molecule has 0 saturated heterocycles. The molecule has 0 aliphatic heterocycles. The highest BCUT2D eigenvalue weighted by Crippen LogP contribution is 2.24. The van der Waals surface area contributed by atoms with Crippen molar-refractivity contribution in [2.75, 3.05) is 5.75 Å². The van der Waals surface area contributed by atoms with E-state index in [9.17, 15) is 4.79 Å². The molecule has 4 nitrogen and oxygen atoms in total. The van der Waals surface area contributed by atoms with Crippen LogP contribution in [0.5, 0.6) is 0 Å². The van der Waals surface area contributed by atoms with Crippen LogP contribution in [-0.2, 0) is 11.3 Å². The van der Waals surface area contributed by atoms with Crippen LogP contribution in [0.3, 0.4) is 0 Å². The SMILES string of the molecule is O=C(CS)NCc1cn(-c2ccc(Cl)c(Cl)c2)cn1. The second kappa shape index (κ2) is 6.32. The summed E-state index contributed by atoms with van der Waals surface area (Å²) in [5.74, 6) is 0.0282. The van der Waals surface area contributed by atoms with Crippen LogP contribution in [-0.4, -0.2) is 21.2 Å². The van der Waals surface area contributed by atoms with Gasteiger partial charge in [0.25, 0.3) is 0 Å². The van der Waals surface area contributed by atoms with Crippen molar-refractivity contribution in [2.45, 2.75) is 6.54 Å². The van der Waals surface area contributed by atoms with Gasteiger partial charge in [0.05, 0.1) is 34.4 Å². The second-order valence-electron chi connectivity index (χ2n) is 3.81. The summed E-state index contributed by atoms with van der Waals surface area (Å²) in [5.41, 5.74) is 1.61. The molecule has 0 spiro atoms. The zero-order valence-corrected chi connectivity index (χ0v) is 12.2. The maximum absolute atomic E-state index is 11.1. The lowest BCUT2D eigenvalue weighted by molar-refractivity contribution is -0.118. The Morgan fingerprint density at radius 1 is 1.37 bits per heavy atom. The van der Waals surface area contributed by atoms with E-state index in [0.29, 0.717) is 16.6 Å². The third-order valence-electron chi connectivity index (χ3n) is 2.45. The fraction of sp³-hybridized carbons (Fsp3) is 0.167. The first kappa shape index (κ1) is 14.2. The number of imidazole rings is 1. The molecule has 0 unspecified atom stereocenters. The summed E-state index contributed by atoms with van der Waals surface area (Å²) in [5, 5.41) is 3.69. The average Bonchev–Trinajstić information content (AvgIpc) is 2.88. The van der Waals surface area contributed by atoms with Gasteiger partial charge in [-0.1, -0.05) is 23.2 Å². The third-order valence-corrected chi connectivity index (χ3v) is 3.47. The number of thiol groups is 1. The topological polar surface area (TPSA) is 46.9 Å². The van der Waals surface area contributed by atoms with Crippen LogP contribution in [0.4, 0.5) is 0 Å². The minimum atomic E-state index is -0.132. The van der Waals surface area contributed by atoms with Gasteiger partial charge in [-0.2, -0.15) is 12.6 Å². The number of aromatic nitrogens is 2. The Bertz CT molecular complexity index is 600. The van der Waals surface area contributed by atoms with Gasteiger partial charge in [0.2, 0.25) is 5.91 Å². The molecule has 0 bridgehead atoms. The summed E-state index contributed by atoms with van der Waals surface area (Å²) in [6, 6.07) is 5.31. The van der Waals surface area contributed by atoms with E-state index in [-0.39, 0.29) is 11.7 Å². The Hall–Kier alpha value is -1.17. The van der Waals surface area contributed by atoms with E-state index in [1.165, 1.54) is 0 Å². The molecule has 1 amide bonds. The molecular weight excluding hydrogens is 305 g/mol. The van der Waals surface area contributed by atoms with E-state index in [0.717, 1.165) is 11.4 Å². The summed E-state index contributed by atoms with van der Waals surface area (Å²) < 4.78 is 1.81. The Labute approximate surface area is 126 Å². The van der Waals surface area contributed by atoms with Gasteiger partial charge in [0.1, 0.15) is 0 Å². The monoisotopic (exact) mass is 315 g/mol. The molecule has 0 aliphatic rings. The maximum Gasteiger partial charge on any atom is 0.230 e. The predicted molar refractivity (Wildman–Crippen MR) is 79.3 cm³/mol. The van der Waals surface area contributed by atoms with Gasteiger partial charge in [-0.3, -0.25) is 4.79 Å². The molecule has 0 fully saturated rings. The molecular formula is C12H11Cl2N3OS. The van der Waals surface area contributed by atoms with Crippen LogP contribution in [0.25, 0.3) is 5.69 Å². The van der Waals surface area contributed by atoms with Gasteiger partial charge in [0.15, 0.2) is 0 Å². The molecule has 0 radical (unpaired) electrons. The molecule has 2 rings (SSSR count). The van der Waals surface area contributed by atoms with Crippen LogP contribution in [0.1, 0.15) is 5.69 Å². The van der Waals surface area contributed by atoms with Gasteiger partial charge < -0.3 is 9.88 Å². The highest BCUT2D eigenvalue weighted by Gasteiger charge is 2.05. The van der Waals surface area contributed by atoms with E-state index in [1.807, 2.05) is 16.8 Å². The lowest BCUT2D eigenvalue weighted by Crippen LogP contribution is -2.23. The van der Waals surface area contributed by atoms with Crippen LogP contribution in [0.2, 0.25) is 10.0 Å². The van der Waals surface area contributed by atoms with E-state index in [1.54, 1.807) is 18.5 Å². The molecule has 0 atom stereocenters. The number of benzene rings is 1. The molecule has 1 N–H and O–H groups in total. The van der Waals surface area contributed by atoms with Crippen molar-refractivity contribution in [1.82, 2.24) is 14.9 Å². The molecule has 7 heteroatoms. The minimum absolute atomic E-state index is 0.132. The van der Waals surface area contributed by atoms with Gasteiger partial charge in [-0.25, -0.2) is 4.98 Å². The molecule has 1 aromatic heterocycles. The number of nitrogens with one attached hydrogen (secondary N) is 1. The third kappa shape index (κ3) is 3.65. The van der Waals surface area contributed by atoms with Crippen LogP contribution in [0, 0.1) is 0 Å². The van der Waals surface area contributed by atoms with E-state index in [4.69, 9.17) is 23.2 Å². The normalized spacial score (nSPS) is 10.5. The number of amides is 1. The molecule has 1 heterocycles. The quantitative estimate of drug-likeness (QED) is 0.852. The number of nitrogens with zero attached hydrogens (tertiary/aromatic N) is 2. The zero-order chi connectivity index (χ0) is 13.8. The van der Waals surface area contributed by atoms with Crippen LogP contribution in [0.15, 0.2) is 30.7 Å². The predicted octanol–water partition coefficient (Wildman–Crippen LogP) is 2.73. The highest BCUT2D eigenvalue weighted by molar-refractivity contribution is 7.81. The first-order valence-electron chi connectivity index (χ1n) is 5.46. The van der Waals surface area contributed by atoms with Crippen molar-refractivity contribution in [3.8, 4) is 5.69 Å². The lowest BCUT2D eigenvalue weighted by atomic mass is 10.3. The van der Waals surface area contributed by atoms with Crippen LogP contribution >= 0.6 is 35.8 Å². The molecule has 0 saturated carbocycles. The summed E-state index contributed by atoms with van der Waals surface area (Å²) in [6.07, 6.45) is 3.47. The second-order valence-corrected chi connectivity index (χ2v) is 4.94. The fourth-order valence-electron chi connectivity index (χ4n) is 1.49. The van der Waals surface area contributed by atoms with Gasteiger partial charge in [-0.05, 0) is 18.2 Å². The van der Waals surface area contributed by atoms with E-state index >= 15 is 0 Å². The summed E-state index contributed by atoms with van der Waals surface area (Å²) in [6.45, 7) is 0.369. The van der Waals surface area contributed by atoms with Crippen molar-refractivity contribution < 1.29 is 4.79 Å². The molecule has 2 aromatic rings. The number of hydrogen-bond donors (Lipinski definition) is 2. The van der Waals surface area contributed by atoms with E-state index in [2.05, 4.69) is 22.9 Å². The fourth-order valence-corrected chi connectivity index (χ4v) is 1.89. The summed E-state index contributed by atoms with van der Waals surface area (Å²) in [4.78, 5) is 15.3. The van der Waals surface area contributed by atoms with Gasteiger partial charge >= 0.3 is 0 Å². The smallest absolute Gasteiger partial charge is 0.230 e. The van der Waals surface area contributed by atoms with Crippen molar-refractivity contribution in [2.24, 2.45) is 0 Å². The standard InChI is InChI=1S/C12H11Cl2N3OS/c13-10-2-1-9(3-11(10)14)17-5-8(16-7-17)4-15-12(18)6-19/h1-3,5,7,19H,4,6H2,(H,15,18). The van der Waals surface area contributed by atoms with Crippen molar-refractivity contribution in [3.63, 3.8) is 0 Å². The number of carbonyl (C=O) groups is 1. The zero-order valence-electron chi connectivity index (χ0n) is 9.81. The van der Waals surface area contributed by atoms with Crippen molar-refractivity contribution in [1.29, 1.82) is 0 Å². The van der Waals surface area contributed by atoms with Crippen LogP contribution < -0.4 is 5.32 Å². The average molecular weight is 316 g/mol. The largest absolute Gasteiger partial charge is 0.350 e. The minimum Gasteiger partial charge on any atom is -0.350 e.